The summed E-state index contributed by atoms with van der Waals surface area (Å²) in [5, 5.41) is 13.3. The highest BCUT2D eigenvalue weighted by molar-refractivity contribution is 5.37. The van der Waals surface area contributed by atoms with E-state index in [1.54, 1.807) is 12.1 Å². The fourth-order valence-electron chi connectivity index (χ4n) is 2.74. The van der Waals surface area contributed by atoms with Crippen LogP contribution in [0.1, 0.15) is 24.3 Å². The maximum atomic E-state index is 13.5. The van der Waals surface area contributed by atoms with E-state index in [9.17, 15) is 9.50 Å². The zero-order valence-corrected chi connectivity index (χ0v) is 11.4. The molecule has 0 saturated carbocycles. The minimum absolute atomic E-state index is 0.191. The number of halogens is 1. The van der Waals surface area contributed by atoms with Crippen molar-refractivity contribution < 1.29 is 19.0 Å². The third-order valence-corrected chi connectivity index (χ3v) is 3.99. The minimum Gasteiger partial charge on any atom is -0.490 e. The quantitative estimate of drug-likeness (QED) is 0.876. The normalized spacial score (nSPS) is 22.3. The van der Waals surface area contributed by atoms with Crippen LogP contribution in [0.25, 0.3) is 0 Å². The number of benzene rings is 1. The predicted molar refractivity (Wildman–Crippen MR) is 72.5 cm³/mol. The number of rotatable bonds is 4. The SMILES string of the molecule is OC1(COc2ccc(F)cc2C2CCNCC2)COC1. The largest absolute Gasteiger partial charge is 0.490 e. The summed E-state index contributed by atoms with van der Waals surface area (Å²) >= 11 is 0. The Balaban J connectivity index is 1.74. The molecule has 0 radical (unpaired) electrons. The number of aliphatic hydroxyl groups is 1. The Bertz CT molecular complexity index is 470. The molecule has 0 atom stereocenters. The molecule has 0 bridgehead atoms. The van der Waals surface area contributed by atoms with Crippen LogP contribution in [0.3, 0.4) is 0 Å². The maximum Gasteiger partial charge on any atom is 0.145 e. The fraction of sp³-hybridized carbons (Fsp3) is 0.600. The molecule has 2 N–H and O–H groups in total. The lowest BCUT2D eigenvalue weighted by Gasteiger charge is -2.36. The van der Waals surface area contributed by atoms with Crippen LogP contribution in [-0.4, -0.2) is 43.6 Å². The molecule has 2 aliphatic rings. The Morgan fingerprint density at radius 1 is 1.35 bits per heavy atom. The van der Waals surface area contributed by atoms with Crippen LogP contribution in [0.15, 0.2) is 18.2 Å². The Morgan fingerprint density at radius 3 is 2.75 bits per heavy atom. The summed E-state index contributed by atoms with van der Waals surface area (Å²) < 4.78 is 24.2. The molecule has 0 aromatic heterocycles. The van der Waals surface area contributed by atoms with Gasteiger partial charge in [-0.25, -0.2) is 4.39 Å². The Labute approximate surface area is 117 Å². The second kappa shape index (κ2) is 5.68. The van der Waals surface area contributed by atoms with Crippen molar-refractivity contribution in [2.24, 2.45) is 0 Å². The van der Waals surface area contributed by atoms with Crippen LogP contribution in [0.4, 0.5) is 4.39 Å². The summed E-state index contributed by atoms with van der Waals surface area (Å²) in [6.07, 6.45) is 1.96. The molecule has 0 aliphatic carbocycles. The smallest absolute Gasteiger partial charge is 0.145 e. The number of hydrogen-bond acceptors (Lipinski definition) is 4. The van der Waals surface area contributed by atoms with Gasteiger partial charge in [-0.2, -0.15) is 0 Å². The lowest BCUT2D eigenvalue weighted by Crippen LogP contribution is -2.54. The molecule has 0 unspecified atom stereocenters. The number of hydrogen-bond donors (Lipinski definition) is 2. The van der Waals surface area contributed by atoms with Gasteiger partial charge in [-0.05, 0) is 50.0 Å². The van der Waals surface area contributed by atoms with Gasteiger partial charge in [-0.15, -0.1) is 0 Å². The van der Waals surface area contributed by atoms with E-state index in [0.717, 1.165) is 31.5 Å². The van der Waals surface area contributed by atoms with Gasteiger partial charge in [0, 0.05) is 5.56 Å². The first-order valence-corrected chi connectivity index (χ1v) is 7.09. The van der Waals surface area contributed by atoms with Gasteiger partial charge in [0.2, 0.25) is 0 Å². The Morgan fingerprint density at radius 2 is 2.10 bits per heavy atom. The summed E-state index contributed by atoms with van der Waals surface area (Å²) in [4.78, 5) is 0. The Kier molecular flexibility index (Phi) is 3.92. The van der Waals surface area contributed by atoms with E-state index in [4.69, 9.17) is 9.47 Å². The van der Waals surface area contributed by atoms with Gasteiger partial charge in [0.1, 0.15) is 23.8 Å². The van der Waals surface area contributed by atoms with E-state index in [2.05, 4.69) is 5.32 Å². The lowest BCUT2D eigenvalue weighted by atomic mass is 9.89. The molecule has 3 rings (SSSR count). The van der Waals surface area contributed by atoms with E-state index in [1.165, 1.54) is 6.07 Å². The average Bonchev–Trinajstić information content (AvgIpc) is 2.45. The van der Waals surface area contributed by atoms with E-state index in [-0.39, 0.29) is 12.4 Å². The van der Waals surface area contributed by atoms with Gasteiger partial charge in [0.05, 0.1) is 13.2 Å². The summed E-state index contributed by atoms with van der Waals surface area (Å²) in [7, 11) is 0. The van der Waals surface area contributed by atoms with E-state index < -0.39 is 5.60 Å². The second-order valence-electron chi connectivity index (χ2n) is 5.71. The minimum atomic E-state index is -0.889. The molecule has 2 aliphatic heterocycles. The van der Waals surface area contributed by atoms with Crippen molar-refractivity contribution in [1.82, 2.24) is 5.32 Å². The van der Waals surface area contributed by atoms with Gasteiger partial charge in [-0.3, -0.25) is 0 Å². The molecule has 20 heavy (non-hydrogen) atoms. The second-order valence-corrected chi connectivity index (χ2v) is 5.71. The molecule has 4 nitrogen and oxygen atoms in total. The van der Waals surface area contributed by atoms with Gasteiger partial charge in [0.25, 0.3) is 0 Å². The molecule has 2 heterocycles. The van der Waals surface area contributed by atoms with Gasteiger partial charge in [0.15, 0.2) is 0 Å². The van der Waals surface area contributed by atoms with Crippen molar-refractivity contribution in [1.29, 1.82) is 0 Å². The van der Waals surface area contributed by atoms with Crippen LogP contribution < -0.4 is 10.1 Å². The monoisotopic (exact) mass is 281 g/mol. The van der Waals surface area contributed by atoms with Crippen molar-refractivity contribution in [3.8, 4) is 5.75 Å². The molecule has 1 aromatic carbocycles. The standard InChI is InChI=1S/C15H20FNO3/c16-12-1-2-14(20-10-15(18)8-19-9-15)13(7-12)11-3-5-17-6-4-11/h1-2,7,11,17-18H,3-6,8-10H2. The topological polar surface area (TPSA) is 50.7 Å². The van der Waals surface area contributed by atoms with Gasteiger partial charge >= 0.3 is 0 Å². The molecule has 1 aromatic rings. The van der Waals surface area contributed by atoms with Crippen LogP contribution in [0.5, 0.6) is 5.75 Å². The number of piperidine rings is 1. The summed E-state index contributed by atoms with van der Waals surface area (Å²) in [5.41, 5.74) is 0.0232. The van der Waals surface area contributed by atoms with Crippen LogP contribution in [0.2, 0.25) is 0 Å². The van der Waals surface area contributed by atoms with E-state index >= 15 is 0 Å². The third-order valence-electron chi connectivity index (χ3n) is 3.99. The fourth-order valence-corrected chi connectivity index (χ4v) is 2.74. The highest BCUT2D eigenvalue weighted by atomic mass is 19.1. The van der Waals surface area contributed by atoms with Crippen molar-refractivity contribution in [2.45, 2.75) is 24.4 Å². The van der Waals surface area contributed by atoms with Crippen LogP contribution >= 0.6 is 0 Å². The molecule has 2 fully saturated rings. The highest BCUT2D eigenvalue weighted by Crippen LogP contribution is 2.34. The molecule has 2 saturated heterocycles. The first-order chi connectivity index (χ1) is 9.66. The molecular formula is C15H20FNO3. The summed E-state index contributed by atoms with van der Waals surface area (Å²) in [6.45, 7) is 2.68. The first-order valence-electron chi connectivity index (χ1n) is 7.09. The van der Waals surface area contributed by atoms with Crippen LogP contribution in [-0.2, 0) is 4.74 Å². The molecule has 0 amide bonds. The Hall–Kier alpha value is -1.17. The number of ether oxygens (including phenoxy) is 2. The van der Waals surface area contributed by atoms with Gasteiger partial charge < -0.3 is 19.9 Å². The zero-order chi connectivity index (χ0) is 14.0. The van der Waals surface area contributed by atoms with Crippen molar-refractivity contribution in [3.05, 3.63) is 29.6 Å². The molecular weight excluding hydrogens is 261 g/mol. The van der Waals surface area contributed by atoms with Crippen LogP contribution in [0, 0.1) is 5.82 Å². The van der Waals surface area contributed by atoms with E-state index in [1.807, 2.05) is 0 Å². The van der Waals surface area contributed by atoms with Gasteiger partial charge in [-0.1, -0.05) is 0 Å². The van der Waals surface area contributed by atoms with Crippen molar-refractivity contribution >= 4 is 0 Å². The third kappa shape index (κ3) is 2.95. The van der Waals surface area contributed by atoms with E-state index in [0.29, 0.717) is 24.9 Å². The average molecular weight is 281 g/mol. The van der Waals surface area contributed by atoms with Crippen molar-refractivity contribution in [3.63, 3.8) is 0 Å². The lowest BCUT2D eigenvalue weighted by molar-refractivity contribution is -0.192. The predicted octanol–water partition coefficient (Wildman–Crippen LogP) is 1.43. The number of nitrogens with one attached hydrogen (secondary N) is 1. The maximum absolute atomic E-state index is 13.5. The summed E-state index contributed by atoms with van der Waals surface area (Å²) in [6, 6.07) is 4.63. The first kappa shape index (κ1) is 13.8. The summed E-state index contributed by atoms with van der Waals surface area (Å²) in [5.74, 6) is 0.754. The highest BCUT2D eigenvalue weighted by Gasteiger charge is 2.37. The zero-order valence-electron chi connectivity index (χ0n) is 11.4. The molecule has 0 spiro atoms. The molecule has 110 valence electrons. The van der Waals surface area contributed by atoms with Crippen molar-refractivity contribution in [2.75, 3.05) is 32.9 Å². The molecule has 5 heteroatoms.